The lowest BCUT2D eigenvalue weighted by atomic mass is 10.0. The molecule has 1 saturated heterocycles. The van der Waals surface area contributed by atoms with E-state index >= 15 is 0 Å². The van der Waals surface area contributed by atoms with Gasteiger partial charge in [0.25, 0.3) is 0 Å². The lowest BCUT2D eigenvalue weighted by molar-refractivity contribution is 0.0660. The highest BCUT2D eigenvalue weighted by Gasteiger charge is 2.29. The van der Waals surface area contributed by atoms with Crippen molar-refractivity contribution in [3.8, 4) is 0 Å². The lowest BCUT2D eigenvalue weighted by Gasteiger charge is -2.37. The first-order valence-corrected chi connectivity index (χ1v) is 10.4. The minimum Gasteiger partial charge on any atom is -0.357 e. The van der Waals surface area contributed by atoms with Crippen molar-refractivity contribution in [1.82, 2.24) is 4.67 Å². The molecule has 0 saturated carbocycles. The Morgan fingerprint density at radius 2 is 2.14 bits per heavy atom. The molecule has 7 atom stereocenters. The maximum absolute atomic E-state index is 5.71. The second kappa shape index (κ2) is 8.17. The molecule has 0 radical (unpaired) electrons. The first kappa shape index (κ1) is 14.1. The molecule has 1 rings (SSSR count). The summed E-state index contributed by atoms with van der Waals surface area (Å²) < 4.78 is 13.5. The summed E-state index contributed by atoms with van der Waals surface area (Å²) in [6.07, 6.45) is 2.70. The van der Waals surface area contributed by atoms with Crippen LogP contribution in [0.3, 0.4) is 0 Å². The van der Waals surface area contributed by atoms with E-state index in [1.54, 1.807) is 0 Å². The van der Waals surface area contributed by atoms with Gasteiger partial charge in [-0.2, -0.15) is 0 Å². The molecule has 14 heavy (non-hydrogen) atoms. The van der Waals surface area contributed by atoms with Gasteiger partial charge in [0.1, 0.15) is 0 Å². The molecule has 0 aromatic heterocycles. The SMILES string of the molecule is PPOC[C@@H]1[C@@H](OPP)CCCN1P. The minimum absolute atomic E-state index is 0.332. The van der Waals surface area contributed by atoms with Gasteiger partial charge in [-0.15, -0.1) is 0 Å². The van der Waals surface area contributed by atoms with E-state index < -0.39 is 0 Å². The molecular weight excluding hydrogens is 273 g/mol. The molecule has 0 aromatic carbocycles. The third kappa shape index (κ3) is 4.49. The van der Waals surface area contributed by atoms with Crippen molar-refractivity contribution in [3.63, 3.8) is 0 Å². The van der Waals surface area contributed by atoms with Crippen LogP contribution in [0.25, 0.3) is 0 Å². The van der Waals surface area contributed by atoms with Crippen molar-refractivity contribution in [2.45, 2.75) is 25.0 Å². The Bertz CT molecular complexity index is 161. The Morgan fingerprint density at radius 3 is 2.79 bits per heavy atom. The van der Waals surface area contributed by atoms with Gasteiger partial charge >= 0.3 is 0 Å². The predicted octanol–water partition coefficient (Wildman–Crippen LogP) is 2.41. The fraction of sp³-hybridized carbons (Fsp3) is 1.00. The van der Waals surface area contributed by atoms with Gasteiger partial charge in [0.15, 0.2) is 0 Å². The third-order valence-corrected chi connectivity index (χ3v) is 4.64. The molecule has 0 N–H and O–H groups in total. The van der Waals surface area contributed by atoms with E-state index in [9.17, 15) is 0 Å². The molecule has 1 heterocycles. The highest BCUT2D eigenvalue weighted by molar-refractivity contribution is 8.00. The van der Waals surface area contributed by atoms with Gasteiger partial charge in [-0.25, -0.2) is 0 Å². The van der Waals surface area contributed by atoms with Crippen molar-refractivity contribution in [2.75, 3.05) is 13.2 Å². The molecule has 5 unspecified atom stereocenters. The quantitative estimate of drug-likeness (QED) is 0.726. The Balaban J connectivity index is 2.43. The Morgan fingerprint density at radius 1 is 1.36 bits per heavy atom. The molecular formula is C6H18NO2P5. The molecule has 1 aliphatic rings. The van der Waals surface area contributed by atoms with Crippen LogP contribution < -0.4 is 0 Å². The van der Waals surface area contributed by atoms with Gasteiger partial charge in [0.05, 0.1) is 18.8 Å². The summed E-state index contributed by atoms with van der Waals surface area (Å²) in [5.74, 6) is 0. The number of nitrogens with zero attached hydrogens (tertiary/aromatic N) is 1. The summed E-state index contributed by atoms with van der Waals surface area (Å²) in [7, 11) is 9.00. The molecule has 0 spiro atoms. The van der Waals surface area contributed by atoms with Crippen LogP contribution in [0.4, 0.5) is 0 Å². The molecule has 0 aliphatic carbocycles. The topological polar surface area (TPSA) is 21.7 Å². The minimum atomic E-state index is 0.332. The van der Waals surface area contributed by atoms with Crippen molar-refractivity contribution in [1.29, 1.82) is 0 Å². The van der Waals surface area contributed by atoms with Crippen LogP contribution in [0.2, 0.25) is 0 Å². The summed E-state index contributed by atoms with van der Waals surface area (Å²) in [4.78, 5) is 0. The van der Waals surface area contributed by atoms with Crippen LogP contribution >= 0.6 is 44.2 Å². The van der Waals surface area contributed by atoms with Crippen LogP contribution in [0.1, 0.15) is 12.8 Å². The van der Waals surface area contributed by atoms with Gasteiger partial charge in [0.2, 0.25) is 0 Å². The van der Waals surface area contributed by atoms with E-state index in [1.165, 1.54) is 6.42 Å². The van der Waals surface area contributed by atoms with E-state index in [0.29, 0.717) is 29.1 Å². The zero-order valence-corrected chi connectivity index (χ0v) is 13.4. The molecule has 8 heteroatoms. The molecule has 0 bridgehead atoms. The van der Waals surface area contributed by atoms with E-state index in [0.717, 1.165) is 19.6 Å². The Kier molecular flexibility index (Phi) is 8.22. The standard InChI is InChI=1S/C6H18NO2P5/c10-7-3-1-2-6(9-14-12)5(7)4-8-13-11/h5-6,13-14H,1-4,10-12H2/t5-,6+/m1/s1. The molecule has 0 amide bonds. The second-order valence-electron chi connectivity index (χ2n) is 3.15. The van der Waals surface area contributed by atoms with E-state index in [1.807, 2.05) is 0 Å². The van der Waals surface area contributed by atoms with Gasteiger partial charge in [-0.1, -0.05) is 27.2 Å². The van der Waals surface area contributed by atoms with E-state index in [-0.39, 0.29) is 0 Å². The first-order chi connectivity index (χ1) is 6.79. The van der Waals surface area contributed by atoms with Crippen molar-refractivity contribution >= 4 is 44.2 Å². The molecule has 1 aliphatic heterocycles. The first-order valence-electron chi connectivity index (χ1n) is 4.49. The molecule has 0 aromatic rings. The van der Waals surface area contributed by atoms with Gasteiger partial charge < -0.3 is 9.05 Å². The molecule has 3 nitrogen and oxygen atoms in total. The largest absolute Gasteiger partial charge is 0.357 e. The summed E-state index contributed by atoms with van der Waals surface area (Å²) in [5, 5.41) is 0. The maximum Gasteiger partial charge on any atom is 0.0799 e. The maximum atomic E-state index is 5.71. The average molecular weight is 291 g/mol. The smallest absolute Gasteiger partial charge is 0.0799 e. The summed E-state index contributed by atoms with van der Waals surface area (Å²) in [6, 6.07) is 0.398. The lowest BCUT2D eigenvalue weighted by Crippen LogP contribution is -2.45. The number of rotatable bonds is 5. The highest BCUT2D eigenvalue weighted by Crippen LogP contribution is 2.33. The van der Waals surface area contributed by atoms with Crippen molar-refractivity contribution < 1.29 is 9.05 Å². The van der Waals surface area contributed by atoms with Crippen LogP contribution in [0, 0.1) is 0 Å². The predicted molar refractivity (Wildman–Crippen MR) is 76.3 cm³/mol. The fourth-order valence-electron chi connectivity index (χ4n) is 1.61. The normalized spacial score (nSPS) is 31.1. The number of piperidine rings is 1. The van der Waals surface area contributed by atoms with Crippen LogP contribution in [-0.2, 0) is 9.05 Å². The summed E-state index contributed by atoms with van der Waals surface area (Å²) in [6.45, 7) is 1.89. The molecule has 1 fully saturated rings. The van der Waals surface area contributed by atoms with Gasteiger partial charge in [0, 0.05) is 23.5 Å². The van der Waals surface area contributed by atoms with E-state index in [4.69, 9.17) is 9.05 Å². The third-order valence-electron chi connectivity index (χ3n) is 2.32. The van der Waals surface area contributed by atoms with E-state index in [2.05, 4.69) is 31.9 Å². The molecule has 84 valence electrons. The van der Waals surface area contributed by atoms with Gasteiger partial charge in [-0.3, -0.25) is 4.67 Å². The van der Waals surface area contributed by atoms with Crippen LogP contribution in [-0.4, -0.2) is 30.0 Å². The second-order valence-corrected chi connectivity index (χ2v) is 6.22. The van der Waals surface area contributed by atoms with Crippen LogP contribution in [0.15, 0.2) is 0 Å². The average Bonchev–Trinajstić information content (AvgIpc) is 2.18. The number of hydrogen-bond acceptors (Lipinski definition) is 3. The van der Waals surface area contributed by atoms with Gasteiger partial charge in [-0.05, 0) is 12.8 Å². The number of hydrogen-bond donors (Lipinski definition) is 0. The highest BCUT2D eigenvalue weighted by atomic mass is 32.0. The zero-order chi connectivity index (χ0) is 10.4. The summed E-state index contributed by atoms with van der Waals surface area (Å²) in [5.41, 5.74) is 0. The van der Waals surface area contributed by atoms with Crippen LogP contribution in [0.5, 0.6) is 0 Å². The zero-order valence-electron chi connectivity index (χ0n) is 7.98. The van der Waals surface area contributed by atoms with Crippen molar-refractivity contribution in [2.24, 2.45) is 0 Å². The fourth-order valence-corrected chi connectivity index (χ4v) is 3.60. The monoisotopic (exact) mass is 291 g/mol. The van der Waals surface area contributed by atoms with Crippen molar-refractivity contribution in [3.05, 3.63) is 0 Å². The Hall–Kier alpha value is 2.03. The Labute approximate surface area is 96.4 Å². The summed E-state index contributed by atoms with van der Waals surface area (Å²) >= 11 is 0.